The first-order valence-corrected chi connectivity index (χ1v) is 8.28. The lowest BCUT2D eigenvalue weighted by Crippen LogP contribution is -2.22. The number of aromatic nitrogens is 2. The molecular formula is C20H21N3O2. The zero-order valence-electron chi connectivity index (χ0n) is 14.4. The lowest BCUT2D eigenvalue weighted by Gasteiger charge is -2.10. The Kier molecular flexibility index (Phi) is 5.14. The van der Waals surface area contributed by atoms with Crippen molar-refractivity contribution < 1.29 is 9.53 Å². The summed E-state index contributed by atoms with van der Waals surface area (Å²) in [5.74, 6) is 0.718. The Morgan fingerprint density at radius 1 is 1.20 bits per heavy atom. The van der Waals surface area contributed by atoms with Gasteiger partial charge in [-0.1, -0.05) is 12.1 Å². The third-order valence-corrected chi connectivity index (χ3v) is 3.90. The summed E-state index contributed by atoms with van der Waals surface area (Å²) in [5.41, 5.74) is 3.61. The van der Waals surface area contributed by atoms with Crippen LogP contribution in [0.1, 0.15) is 28.4 Å². The number of amides is 1. The van der Waals surface area contributed by atoms with Crippen molar-refractivity contribution >= 4 is 5.91 Å². The second-order valence-corrected chi connectivity index (χ2v) is 5.71. The van der Waals surface area contributed by atoms with Gasteiger partial charge in [0.15, 0.2) is 0 Å². The molecule has 0 saturated carbocycles. The van der Waals surface area contributed by atoms with Crippen molar-refractivity contribution in [3.8, 4) is 11.4 Å². The molecule has 0 saturated heterocycles. The van der Waals surface area contributed by atoms with Gasteiger partial charge in [-0.3, -0.25) is 4.79 Å². The molecular weight excluding hydrogens is 314 g/mol. The first kappa shape index (κ1) is 16.8. The Morgan fingerprint density at radius 2 is 2.00 bits per heavy atom. The van der Waals surface area contributed by atoms with Crippen molar-refractivity contribution in [2.75, 3.05) is 6.61 Å². The van der Waals surface area contributed by atoms with Gasteiger partial charge in [-0.2, -0.15) is 5.10 Å². The molecule has 3 rings (SSSR count). The van der Waals surface area contributed by atoms with E-state index >= 15 is 0 Å². The van der Waals surface area contributed by atoms with Gasteiger partial charge in [0.1, 0.15) is 5.75 Å². The fourth-order valence-electron chi connectivity index (χ4n) is 2.58. The van der Waals surface area contributed by atoms with Crippen LogP contribution in [0, 0.1) is 6.92 Å². The number of rotatable bonds is 6. The molecule has 0 bridgehead atoms. The normalized spacial score (nSPS) is 10.5. The zero-order valence-corrected chi connectivity index (χ0v) is 14.4. The molecule has 0 aliphatic rings. The minimum atomic E-state index is -0.0951. The van der Waals surface area contributed by atoms with Gasteiger partial charge in [0.2, 0.25) is 0 Å². The second kappa shape index (κ2) is 7.66. The second-order valence-electron chi connectivity index (χ2n) is 5.71. The molecule has 1 heterocycles. The number of carbonyl (C=O) groups is 1. The molecule has 0 aliphatic heterocycles. The van der Waals surface area contributed by atoms with E-state index in [1.54, 1.807) is 16.9 Å². The van der Waals surface area contributed by atoms with Crippen molar-refractivity contribution in [3.05, 3.63) is 77.6 Å². The Hall–Kier alpha value is -3.08. The van der Waals surface area contributed by atoms with Gasteiger partial charge < -0.3 is 10.1 Å². The van der Waals surface area contributed by atoms with E-state index in [0.717, 1.165) is 22.6 Å². The minimum Gasteiger partial charge on any atom is -0.494 e. The van der Waals surface area contributed by atoms with E-state index in [9.17, 15) is 4.79 Å². The van der Waals surface area contributed by atoms with Crippen molar-refractivity contribution in [1.29, 1.82) is 0 Å². The van der Waals surface area contributed by atoms with Crippen LogP contribution in [-0.4, -0.2) is 22.3 Å². The lowest BCUT2D eigenvalue weighted by atomic mass is 10.1. The van der Waals surface area contributed by atoms with Gasteiger partial charge in [-0.15, -0.1) is 0 Å². The summed E-state index contributed by atoms with van der Waals surface area (Å²) in [5, 5.41) is 7.14. The first-order valence-electron chi connectivity index (χ1n) is 8.28. The fraction of sp³-hybridized carbons (Fsp3) is 0.200. The Balaban J connectivity index is 1.61. The largest absolute Gasteiger partial charge is 0.494 e. The third kappa shape index (κ3) is 4.07. The molecule has 0 radical (unpaired) electrons. The van der Waals surface area contributed by atoms with Crippen LogP contribution in [0.4, 0.5) is 0 Å². The molecule has 0 aliphatic carbocycles. The number of hydrogen-bond donors (Lipinski definition) is 1. The SMILES string of the molecule is CCOc1ccc(C(=O)NCc2ccc(-n3cccn3)cc2)cc1C. The van der Waals surface area contributed by atoms with E-state index in [2.05, 4.69) is 10.4 Å². The van der Waals surface area contributed by atoms with Crippen LogP contribution in [0.15, 0.2) is 60.9 Å². The molecule has 0 unspecified atom stereocenters. The van der Waals surface area contributed by atoms with Crippen molar-refractivity contribution in [2.24, 2.45) is 0 Å². The van der Waals surface area contributed by atoms with Gasteiger partial charge in [0.05, 0.1) is 12.3 Å². The number of ether oxygens (including phenoxy) is 1. The maximum Gasteiger partial charge on any atom is 0.251 e. The summed E-state index contributed by atoms with van der Waals surface area (Å²) in [6.07, 6.45) is 3.64. The van der Waals surface area contributed by atoms with Crippen LogP contribution < -0.4 is 10.1 Å². The average Bonchev–Trinajstić information content (AvgIpc) is 3.16. The molecule has 25 heavy (non-hydrogen) atoms. The van der Waals surface area contributed by atoms with Crippen LogP contribution in [0.25, 0.3) is 5.69 Å². The zero-order chi connectivity index (χ0) is 17.6. The van der Waals surface area contributed by atoms with Crippen molar-refractivity contribution in [3.63, 3.8) is 0 Å². The molecule has 128 valence electrons. The van der Waals surface area contributed by atoms with E-state index in [1.165, 1.54) is 0 Å². The van der Waals surface area contributed by atoms with Crippen LogP contribution in [0.3, 0.4) is 0 Å². The van der Waals surface area contributed by atoms with E-state index in [-0.39, 0.29) is 5.91 Å². The summed E-state index contributed by atoms with van der Waals surface area (Å²) in [7, 11) is 0. The molecule has 3 aromatic rings. The number of nitrogens with one attached hydrogen (secondary N) is 1. The van der Waals surface area contributed by atoms with Gasteiger partial charge in [-0.05, 0) is 61.4 Å². The monoisotopic (exact) mass is 335 g/mol. The predicted molar refractivity (Wildman–Crippen MR) is 97.1 cm³/mol. The fourth-order valence-corrected chi connectivity index (χ4v) is 2.58. The highest BCUT2D eigenvalue weighted by atomic mass is 16.5. The summed E-state index contributed by atoms with van der Waals surface area (Å²) < 4.78 is 7.30. The first-order chi connectivity index (χ1) is 12.2. The standard InChI is InChI=1S/C20H21N3O2/c1-3-25-19-10-7-17(13-15(19)2)20(24)21-14-16-5-8-18(9-6-16)23-12-4-11-22-23/h4-13H,3,14H2,1-2H3,(H,21,24). The summed E-state index contributed by atoms with van der Waals surface area (Å²) >= 11 is 0. The van der Waals surface area contributed by atoms with Crippen LogP contribution in [0.5, 0.6) is 5.75 Å². The van der Waals surface area contributed by atoms with E-state index in [4.69, 9.17) is 4.74 Å². The van der Waals surface area contributed by atoms with Crippen LogP contribution in [-0.2, 0) is 6.54 Å². The molecule has 1 aromatic heterocycles. The van der Waals surface area contributed by atoms with E-state index in [1.807, 2.05) is 62.5 Å². The van der Waals surface area contributed by atoms with E-state index in [0.29, 0.717) is 18.7 Å². The summed E-state index contributed by atoms with van der Waals surface area (Å²) in [6.45, 7) is 4.97. The van der Waals surface area contributed by atoms with Gasteiger partial charge in [0, 0.05) is 24.5 Å². The number of carbonyl (C=O) groups excluding carboxylic acids is 1. The number of aryl methyl sites for hydroxylation is 1. The number of benzene rings is 2. The molecule has 0 atom stereocenters. The molecule has 2 aromatic carbocycles. The smallest absolute Gasteiger partial charge is 0.251 e. The summed E-state index contributed by atoms with van der Waals surface area (Å²) in [4.78, 5) is 12.3. The summed E-state index contributed by atoms with van der Waals surface area (Å²) in [6, 6.07) is 15.3. The molecule has 5 nitrogen and oxygen atoms in total. The Morgan fingerprint density at radius 3 is 2.64 bits per heavy atom. The maximum absolute atomic E-state index is 12.3. The highest BCUT2D eigenvalue weighted by Crippen LogP contribution is 2.19. The van der Waals surface area contributed by atoms with E-state index < -0.39 is 0 Å². The van der Waals surface area contributed by atoms with Crippen LogP contribution in [0.2, 0.25) is 0 Å². The quantitative estimate of drug-likeness (QED) is 0.750. The van der Waals surface area contributed by atoms with Gasteiger partial charge in [0.25, 0.3) is 5.91 Å². The van der Waals surface area contributed by atoms with Crippen molar-refractivity contribution in [1.82, 2.24) is 15.1 Å². The Labute approximate surface area is 147 Å². The molecule has 5 heteroatoms. The van der Waals surface area contributed by atoms with Gasteiger partial charge >= 0.3 is 0 Å². The van der Waals surface area contributed by atoms with Crippen molar-refractivity contribution in [2.45, 2.75) is 20.4 Å². The highest BCUT2D eigenvalue weighted by molar-refractivity contribution is 5.94. The lowest BCUT2D eigenvalue weighted by molar-refractivity contribution is 0.0951. The van der Waals surface area contributed by atoms with Gasteiger partial charge in [-0.25, -0.2) is 4.68 Å². The molecule has 0 spiro atoms. The Bertz CT molecular complexity index is 840. The van der Waals surface area contributed by atoms with Crippen LogP contribution >= 0.6 is 0 Å². The number of hydrogen-bond acceptors (Lipinski definition) is 3. The topological polar surface area (TPSA) is 56.1 Å². The highest BCUT2D eigenvalue weighted by Gasteiger charge is 2.08. The third-order valence-electron chi connectivity index (χ3n) is 3.90. The predicted octanol–water partition coefficient (Wildman–Crippen LogP) is 3.51. The maximum atomic E-state index is 12.3. The molecule has 1 amide bonds. The minimum absolute atomic E-state index is 0.0951. The average molecular weight is 335 g/mol. The molecule has 0 fully saturated rings. The molecule has 1 N–H and O–H groups in total. The number of nitrogens with zero attached hydrogens (tertiary/aromatic N) is 2.